The van der Waals surface area contributed by atoms with Crippen LogP contribution in [0.5, 0.6) is 11.5 Å². The van der Waals surface area contributed by atoms with E-state index in [0.29, 0.717) is 18.0 Å². The Kier molecular flexibility index (Phi) is 7.18. The molecule has 0 bridgehead atoms. The highest BCUT2D eigenvalue weighted by Crippen LogP contribution is 2.13. The van der Waals surface area contributed by atoms with Crippen LogP contribution in [-0.2, 0) is 20.9 Å². The molecular weight excluding hydrogens is 352 g/mol. The molecular formula is C19H20N2O6. The van der Waals surface area contributed by atoms with E-state index in [-0.39, 0.29) is 12.2 Å². The molecule has 0 heterocycles. The molecule has 0 spiro atoms. The number of nitrogens with two attached hydrogens (primary N) is 1. The maximum Gasteiger partial charge on any atom is 0.338 e. The first kappa shape index (κ1) is 19.8. The monoisotopic (exact) mass is 372 g/mol. The fourth-order valence-electron chi connectivity index (χ4n) is 2.09. The van der Waals surface area contributed by atoms with E-state index < -0.39 is 24.4 Å². The summed E-state index contributed by atoms with van der Waals surface area (Å²) in [6.07, 6.45) is 0. The Labute approximate surface area is 156 Å². The second kappa shape index (κ2) is 9.81. The van der Waals surface area contributed by atoms with E-state index in [9.17, 15) is 14.4 Å². The summed E-state index contributed by atoms with van der Waals surface area (Å²) in [5.41, 5.74) is 6.09. The average molecular weight is 372 g/mol. The van der Waals surface area contributed by atoms with Crippen molar-refractivity contribution in [1.29, 1.82) is 0 Å². The van der Waals surface area contributed by atoms with Crippen molar-refractivity contribution >= 4 is 17.8 Å². The molecule has 0 saturated carbocycles. The largest absolute Gasteiger partial charge is 0.497 e. The number of methoxy groups -OCH3 is 1. The van der Waals surface area contributed by atoms with Crippen LogP contribution >= 0.6 is 0 Å². The second-order valence-corrected chi connectivity index (χ2v) is 5.48. The predicted octanol–water partition coefficient (Wildman–Crippen LogP) is 1.03. The van der Waals surface area contributed by atoms with Crippen molar-refractivity contribution < 1.29 is 28.6 Å². The highest BCUT2D eigenvalue weighted by Gasteiger charge is 2.10. The quantitative estimate of drug-likeness (QED) is 0.635. The summed E-state index contributed by atoms with van der Waals surface area (Å²) in [4.78, 5) is 34.4. The maximum absolute atomic E-state index is 12.0. The van der Waals surface area contributed by atoms with Gasteiger partial charge in [-0.25, -0.2) is 4.79 Å². The lowest BCUT2D eigenvalue weighted by Gasteiger charge is -2.08. The molecule has 27 heavy (non-hydrogen) atoms. The predicted molar refractivity (Wildman–Crippen MR) is 96.3 cm³/mol. The third kappa shape index (κ3) is 6.69. The zero-order chi connectivity index (χ0) is 19.6. The fourth-order valence-corrected chi connectivity index (χ4v) is 2.09. The van der Waals surface area contributed by atoms with Crippen molar-refractivity contribution in [2.75, 3.05) is 20.3 Å². The van der Waals surface area contributed by atoms with Crippen molar-refractivity contribution in [2.45, 2.75) is 6.54 Å². The van der Waals surface area contributed by atoms with Crippen LogP contribution in [0.15, 0.2) is 48.5 Å². The van der Waals surface area contributed by atoms with Gasteiger partial charge in [-0.2, -0.15) is 0 Å². The molecule has 8 heteroatoms. The summed E-state index contributed by atoms with van der Waals surface area (Å²) in [7, 11) is 1.56. The molecule has 0 fully saturated rings. The molecule has 0 radical (unpaired) electrons. The second-order valence-electron chi connectivity index (χ2n) is 5.48. The van der Waals surface area contributed by atoms with Crippen molar-refractivity contribution in [1.82, 2.24) is 5.32 Å². The molecule has 2 aromatic rings. The first-order chi connectivity index (χ1) is 13.0. The molecule has 8 nitrogen and oxygen atoms in total. The number of hydrogen-bond donors (Lipinski definition) is 2. The number of nitrogens with one attached hydrogen (secondary N) is 1. The number of ether oxygens (including phenoxy) is 3. The number of amides is 2. The van der Waals surface area contributed by atoms with Gasteiger partial charge in [0.05, 0.1) is 12.7 Å². The lowest BCUT2D eigenvalue weighted by atomic mass is 10.2. The summed E-state index contributed by atoms with van der Waals surface area (Å²) >= 11 is 0. The summed E-state index contributed by atoms with van der Waals surface area (Å²) < 4.78 is 15.2. The van der Waals surface area contributed by atoms with Crippen LogP contribution in [0.2, 0.25) is 0 Å². The highest BCUT2D eigenvalue weighted by molar-refractivity contribution is 5.91. The fraction of sp³-hybridized carbons (Fsp3) is 0.211. The summed E-state index contributed by atoms with van der Waals surface area (Å²) in [5, 5.41) is 2.66. The Balaban J connectivity index is 1.77. The van der Waals surface area contributed by atoms with E-state index >= 15 is 0 Å². The van der Waals surface area contributed by atoms with Crippen LogP contribution < -0.4 is 20.5 Å². The molecule has 0 aliphatic carbocycles. The van der Waals surface area contributed by atoms with E-state index in [1.165, 1.54) is 24.3 Å². The van der Waals surface area contributed by atoms with Crippen LogP contribution in [0.25, 0.3) is 0 Å². The van der Waals surface area contributed by atoms with Crippen molar-refractivity contribution in [3.8, 4) is 11.5 Å². The number of rotatable bonds is 9. The molecule has 0 saturated heterocycles. The standard InChI is InChI=1S/C19H20N2O6/c1-25-16-4-2-3-13(9-16)10-21-18(23)12-27-19(24)14-5-7-15(8-6-14)26-11-17(20)22/h2-9H,10-12H2,1H3,(H2,20,22)(H,21,23). The number of hydrogen-bond acceptors (Lipinski definition) is 6. The smallest absolute Gasteiger partial charge is 0.338 e. The molecule has 0 aromatic heterocycles. The third-order valence-corrected chi connectivity index (χ3v) is 3.43. The van der Waals surface area contributed by atoms with Gasteiger partial charge >= 0.3 is 5.97 Å². The Bertz CT molecular complexity index is 804. The number of esters is 1. The number of primary amides is 1. The summed E-state index contributed by atoms with van der Waals surface area (Å²) in [6, 6.07) is 13.2. The van der Waals surface area contributed by atoms with Gasteiger partial charge in [-0.05, 0) is 42.0 Å². The van der Waals surface area contributed by atoms with Gasteiger partial charge in [-0.15, -0.1) is 0 Å². The molecule has 0 unspecified atom stereocenters. The molecule has 2 rings (SSSR count). The van der Waals surface area contributed by atoms with Crippen LogP contribution in [-0.4, -0.2) is 38.1 Å². The van der Waals surface area contributed by atoms with Gasteiger partial charge in [0.1, 0.15) is 11.5 Å². The molecule has 2 amide bonds. The van der Waals surface area contributed by atoms with Gasteiger partial charge in [0.15, 0.2) is 13.2 Å². The van der Waals surface area contributed by atoms with Gasteiger partial charge in [0.2, 0.25) is 0 Å². The van der Waals surface area contributed by atoms with Gasteiger partial charge in [-0.3, -0.25) is 9.59 Å². The lowest BCUT2D eigenvalue weighted by molar-refractivity contribution is -0.124. The van der Waals surface area contributed by atoms with Gasteiger partial charge < -0.3 is 25.3 Å². The summed E-state index contributed by atoms with van der Waals surface area (Å²) in [5.74, 6) is -0.586. The lowest BCUT2D eigenvalue weighted by Crippen LogP contribution is -2.28. The minimum absolute atomic E-state index is 0.252. The Morgan fingerprint density at radius 1 is 1.00 bits per heavy atom. The Morgan fingerprint density at radius 3 is 2.41 bits per heavy atom. The van der Waals surface area contributed by atoms with E-state index in [1.54, 1.807) is 19.2 Å². The van der Waals surface area contributed by atoms with E-state index in [2.05, 4.69) is 5.32 Å². The Morgan fingerprint density at radius 2 is 1.74 bits per heavy atom. The minimum Gasteiger partial charge on any atom is -0.497 e. The van der Waals surface area contributed by atoms with E-state index in [0.717, 1.165) is 5.56 Å². The molecule has 3 N–H and O–H groups in total. The molecule has 0 aliphatic rings. The van der Waals surface area contributed by atoms with Crippen LogP contribution in [0.4, 0.5) is 0 Å². The zero-order valence-corrected chi connectivity index (χ0v) is 14.8. The normalized spacial score (nSPS) is 9.96. The first-order valence-corrected chi connectivity index (χ1v) is 8.06. The van der Waals surface area contributed by atoms with Crippen molar-refractivity contribution in [3.63, 3.8) is 0 Å². The van der Waals surface area contributed by atoms with Crippen LogP contribution in [0.1, 0.15) is 15.9 Å². The van der Waals surface area contributed by atoms with Crippen LogP contribution in [0, 0.1) is 0 Å². The molecule has 142 valence electrons. The average Bonchev–Trinajstić information content (AvgIpc) is 2.69. The van der Waals surface area contributed by atoms with Crippen molar-refractivity contribution in [2.24, 2.45) is 5.73 Å². The zero-order valence-electron chi connectivity index (χ0n) is 14.8. The summed E-state index contributed by atoms with van der Waals surface area (Å²) in [6.45, 7) is -0.362. The SMILES string of the molecule is COc1cccc(CNC(=O)COC(=O)c2ccc(OCC(N)=O)cc2)c1. The van der Waals surface area contributed by atoms with Gasteiger partial charge in [0.25, 0.3) is 11.8 Å². The van der Waals surface area contributed by atoms with Gasteiger partial charge in [-0.1, -0.05) is 12.1 Å². The molecule has 0 atom stereocenters. The maximum atomic E-state index is 12.0. The highest BCUT2D eigenvalue weighted by atomic mass is 16.5. The number of carbonyl (C=O) groups excluding carboxylic acids is 3. The van der Waals surface area contributed by atoms with E-state index in [1.807, 2.05) is 12.1 Å². The Hall–Kier alpha value is -3.55. The van der Waals surface area contributed by atoms with Crippen LogP contribution in [0.3, 0.4) is 0 Å². The first-order valence-electron chi connectivity index (χ1n) is 8.06. The molecule has 0 aliphatic heterocycles. The van der Waals surface area contributed by atoms with Crippen molar-refractivity contribution in [3.05, 3.63) is 59.7 Å². The van der Waals surface area contributed by atoms with Gasteiger partial charge in [0, 0.05) is 6.54 Å². The molecule has 2 aromatic carbocycles. The third-order valence-electron chi connectivity index (χ3n) is 3.43. The minimum atomic E-state index is -0.645. The number of benzene rings is 2. The van der Waals surface area contributed by atoms with E-state index in [4.69, 9.17) is 19.9 Å². The topological polar surface area (TPSA) is 117 Å². The number of carbonyl (C=O) groups is 3.